The molecule has 1 aliphatic rings. The van der Waals surface area contributed by atoms with Gasteiger partial charge in [-0.05, 0) is 11.8 Å². The number of rotatable bonds is 4. The Bertz CT molecular complexity index is 224. The fraction of sp³-hybridized carbons (Fsp3) is 0.909. The third-order valence-electron chi connectivity index (χ3n) is 2.79. The monoisotopic (exact) mass is 214 g/mol. The first kappa shape index (κ1) is 12.5. The smallest absolute Gasteiger partial charge is 0.232 e. The number of ether oxygens (including phenoxy) is 1. The maximum Gasteiger partial charge on any atom is 0.232 e. The van der Waals surface area contributed by atoms with Gasteiger partial charge in [0.1, 0.15) is 5.41 Å². The average molecular weight is 214 g/mol. The van der Waals surface area contributed by atoms with Crippen molar-refractivity contribution >= 4 is 5.91 Å². The minimum absolute atomic E-state index is 0.0421. The summed E-state index contributed by atoms with van der Waals surface area (Å²) in [6.07, 6.45) is 0.972. The summed E-state index contributed by atoms with van der Waals surface area (Å²) in [5, 5.41) is 2.93. The zero-order valence-electron chi connectivity index (χ0n) is 9.93. The molecule has 1 rings (SSSR count). The van der Waals surface area contributed by atoms with Crippen LogP contribution in [-0.4, -0.2) is 32.2 Å². The first-order valence-corrected chi connectivity index (χ1v) is 5.46. The van der Waals surface area contributed by atoms with Crippen LogP contribution in [0.25, 0.3) is 0 Å². The minimum atomic E-state index is -0.447. The van der Waals surface area contributed by atoms with Crippen LogP contribution in [0.3, 0.4) is 0 Å². The lowest BCUT2D eigenvalue weighted by Crippen LogP contribution is -2.58. The largest absolute Gasteiger partial charge is 0.379 e. The van der Waals surface area contributed by atoms with E-state index in [-0.39, 0.29) is 11.3 Å². The van der Waals surface area contributed by atoms with Gasteiger partial charge in [0.2, 0.25) is 5.91 Å². The molecule has 1 saturated heterocycles. The Balaban J connectivity index is 2.30. The molecule has 0 atom stereocenters. The molecule has 4 nitrogen and oxygen atoms in total. The molecule has 0 spiro atoms. The Morgan fingerprint density at radius 3 is 2.40 bits per heavy atom. The summed E-state index contributed by atoms with van der Waals surface area (Å²) in [6.45, 7) is 8.48. The Morgan fingerprint density at radius 2 is 2.07 bits per heavy atom. The van der Waals surface area contributed by atoms with Crippen molar-refractivity contribution in [3.05, 3.63) is 0 Å². The molecular formula is C11H22N2O2. The summed E-state index contributed by atoms with van der Waals surface area (Å²) >= 11 is 0. The third kappa shape index (κ3) is 3.18. The molecule has 0 unspecified atom stereocenters. The molecule has 0 aromatic carbocycles. The van der Waals surface area contributed by atoms with E-state index in [9.17, 15) is 4.79 Å². The molecule has 88 valence electrons. The van der Waals surface area contributed by atoms with Crippen LogP contribution >= 0.6 is 0 Å². The van der Waals surface area contributed by atoms with Crippen molar-refractivity contribution in [3.63, 3.8) is 0 Å². The highest BCUT2D eigenvalue weighted by atomic mass is 16.5. The van der Waals surface area contributed by atoms with E-state index in [1.54, 1.807) is 0 Å². The fourth-order valence-electron chi connectivity index (χ4n) is 1.43. The van der Waals surface area contributed by atoms with Crippen LogP contribution in [-0.2, 0) is 9.53 Å². The van der Waals surface area contributed by atoms with Gasteiger partial charge in [0.15, 0.2) is 0 Å². The Morgan fingerprint density at radius 1 is 1.47 bits per heavy atom. The standard InChI is InChI=1S/C11H22N2O2/c1-10(2,3)4-5-13-9(14)11(6-12)7-15-8-11/h4-8,12H2,1-3H3,(H,13,14). The topological polar surface area (TPSA) is 64.4 Å². The van der Waals surface area contributed by atoms with E-state index in [0.29, 0.717) is 26.3 Å². The van der Waals surface area contributed by atoms with E-state index in [1.807, 2.05) is 0 Å². The molecule has 0 aliphatic carbocycles. The van der Waals surface area contributed by atoms with Gasteiger partial charge in [0.05, 0.1) is 13.2 Å². The van der Waals surface area contributed by atoms with Gasteiger partial charge in [-0.25, -0.2) is 0 Å². The number of nitrogens with one attached hydrogen (secondary N) is 1. The highest BCUT2D eigenvalue weighted by Crippen LogP contribution is 2.26. The molecule has 0 aromatic rings. The number of carbonyl (C=O) groups excluding carboxylic acids is 1. The molecule has 1 aliphatic heterocycles. The first-order valence-electron chi connectivity index (χ1n) is 5.46. The summed E-state index contributed by atoms with van der Waals surface area (Å²) in [6, 6.07) is 0. The maximum absolute atomic E-state index is 11.8. The summed E-state index contributed by atoms with van der Waals surface area (Å²) in [7, 11) is 0. The normalized spacial score (nSPS) is 19.5. The highest BCUT2D eigenvalue weighted by molar-refractivity contribution is 5.84. The van der Waals surface area contributed by atoms with Crippen LogP contribution in [0.5, 0.6) is 0 Å². The zero-order chi connectivity index (χ0) is 11.5. The van der Waals surface area contributed by atoms with Gasteiger partial charge >= 0.3 is 0 Å². The lowest BCUT2D eigenvalue weighted by Gasteiger charge is -2.38. The number of hydrogen-bond acceptors (Lipinski definition) is 3. The molecule has 4 heteroatoms. The maximum atomic E-state index is 11.8. The molecule has 15 heavy (non-hydrogen) atoms. The van der Waals surface area contributed by atoms with Crippen LogP contribution in [0, 0.1) is 10.8 Å². The molecule has 0 saturated carbocycles. The van der Waals surface area contributed by atoms with Gasteiger partial charge in [-0.2, -0.15) is 0 Å². The van der Waals surface area contributed by atoms with Crippen molar-refractivity contribution in [2.45, 2.75) is 27.2 Å². The number of carbonyl (C=O) groups is 1. The van der Waals surface area contributed by atoms with Gasteiger partial charge in [-0.15, -0.1) is 0 Å². The molecule has 0 aromatic heterocycles. The first-order chi connectivity index (χ1) is 6.90. The summed E-state index contributed by atoms with van der Waals surface area (Å²) in [4.78, 5) is 11.8. The van der Waals surface area contributed by atoms with E-state index in [0.717, 1.165) is 6.42 Å². The molecule has 0 bridgehead atoms. The number of hydrogen-bond donors (Lipinski definition) is 2. The highest BCUT2D eigenvalue weighted by Gasteiger charge is 2.44. The van der Waals surface area contributed by atoms with E-state index < -0.39 is 5.41 Å². The Labute approximate surface area is 91.5 Å². The second-order valence-electron chi connectivity index (χ2n) is 5.54. The van der Waals surface area contributed by atoms with E-state index in [4.69, 9.17) is 10.5 Å². The summed E-state index contributed by atoms with van der Waals surface area (Å²) < 4.78 is 5.06. The van der Waals surface area contributed by atoms with Gasteiger partial charge < -0.3 is 15.8 Å². The molecule has 1 heterocycles. The predicted octanol–water partition coefficient (Wildman–Crippen LogP) is 0.514. The second kappa shape index (κ2) is 4.49. The van der Waals surface area contributed by atoms with Crippen molar-refractivity contribution in [2.75, 3.05) is 26.3 Å². The number of nitrogens with two attached hydrogens (primary N) is 1. The van der Waals surface area contributed by atoms with Crippen LogP contribution in [0.4, 0.5) is 0 Å². The fourth-order valence-corrected chi connectivity index (χ4v) is 1.43. The summed E-state index contributed by atoms with van der Waals surface area (Å²) in [5.41, 5.74) is 5.39. The molecular weight excluding hydrogens is 192 g/mol. The number of amides is 1. The van der Waals surface area contributed by atoms with Crippen LogP contribution in [0.1, 0.15) is 27.2 Å². The van der Waals surface area contributed by atoms with Gasteiger partial charge in [0.25, 0.3) is 0 Å². The molecule has 1 fully saturated rings. The van der Waals surface area contributed by atoms with Crippen LogP contribution in [0.2, 0.25) is 0 Å². The van der Waals surface area contributed by atoms with Crippen LogP contribution in [0.15, 0.2) is 0 Å². The average Bonchev–Trinajstić information content (AvgIpc) is 2.00. The van der Waals surface area contributed by atoms with Crippen molar-refractivity contribution < 1.29 is 9.53 Å². The van der Waals surface area contributed by atoms with Crippen molar-refractivity contribution in [3.8, 4) is 0 Å². The van der Waals surface area contributed by atoms with E-state index in [2.05, 4.69) is 26.1 Å². The van der Waals surface area contributed by atoms with E-state index >= 15 is 0 Å². The van der Waals surface area contributed by atoms with Crippen molar-refractivity contribution in [1.29, 1.82) is 0 Å². The van der Waals surface area contributed by atoms with E-state index in [1.165, 1.54) is 0 Å². The SMILES string of the molecule is CC(C)(C)CCNC(=O)C1(CN)COC1. The van der Waals surface area contributed by atoms with Crippen LogP contribution < -0.4 is 11.1 Å². The predicted molar refractivity (Wildman–Crippen MR) is 59.4 cm³/mol. The molecule has 0 radical (unpaired) electrons. The van der Waals surface area contributed by atoms with Gasteiger partial charge in [0, 0.05) is 13.1 Å². The summed E-state index contributed by atoms with van der Waals surface area (Å²) in [5.74, 6) is 0.0421. The Kier molecular flexibility index (Phi) is 3.73. The lowest BCUT2D eigenvalue weighted by molar-refractivity contribution is -0.159. The minimum Gasteiger partial charge on any atom is -0.379 e. The zero-order valence-corrected chi connectivity index (χ0v) is 9.93. The second-order valence-corrected chi connectivity index (χ2v) is 5.54. The quantitative estimate of drug-likeness (QED) is 0.717. The third-order valence-corrected chi connectivity index (χ3v) is 2.79. The van der Waals surface area contributed by atoms with Gasteiger partial charge in [-0.3, -0.25) is 4.79 Å². The Hall–Kier alpha value is -0.610. The van der Waals surface area contributed by atoms with Crippen molar-refractivity contribution in [1.82, 2.24) is 5.32 Å². The van der Waals surface area contributed by atoms with Gasteiger partial charge in [-0.1, -0.05) is 20.8 Å². The lowest BCUT2D eigenvalue weighted by atomic mass is 9.84. The molecule has 1 amide bonds. The van der Waals surface area contributed by atoms with Crippen molar-refractivity contribution in [2.24, 2.45) is 16.6 Å². The molecule has 3 N–H and O–H groups in total.